The highest BCUT2D eigenvalue weighted by molar-refractivity contribution is 6.22. The molecule has 1 saturated heterocycles. The summed E-state index contributed by atoms with van der Waals surface area (Å²) in [5.41, 5.74) is 1.08. The van der Waals surface area contributed by atoms with Crippen LogP contribution in [0.1, 0.15) is 29.6 Å². The van der Waals surface area contributed by atoms with Crippen LogP contribution in [0.5, 0.6) is 11.5 Å². The smallest absolute Gasteiger partial charge is 0.338 e. The van der Waals surface area contributed by atoms with Gasteiger partial charge in [0.05, 0.1) is 43.0 Å². The molecule has 0 radical (unpaired) electrons. The number of methoxy groups -OCH3 is 2. The SMILES string of the molecule is COc1ccc(NC(=O)COC(=O)c2ccc(N3C(=O)[C@@H]4[C@H]5CC[C@@H](C5)[C@@H]4C3=O)cc2)c(OC)c1. The molecular weight excluding hydrogens is 452 g/mol. The molecular formula is C26H26N2O7. The van der Waals surface area contributed by atoms with Gasteiger partial charge < -0.3 is 19.5 Å². The minimum atomic E-state index is -0.692. The summed E-state index contributed by atoms with van der Waals surface area (Å²) in [7, 11) is 2.99. The summed E-state index contributed by atoms with van der Waals surface area (Å²) in [6, 6.07) is 11.0. The third-order valence-corrected chi connectivity index (χ3v) is 7.31. The van der Waals surface area contributed by atoms with Gasteiger partial charge >= 0.3 is 5.97 Å². The van der Waals surface area contributed by atoms with Crippen LogP contribution >= 0.6 is 0 Å². The minimum Gasteiger partial charge on any atom is -0.497 e. The van der Waals surface area contributed by atoms with E-state index in [1.807, 2.05) is 0 Å². The van der Waals surface area contributed by atoms with Gasteiger partial charge in [-0.2, -0.15) is 0 Å². The quantitative estimate of drug-likeness (QED) is 0.481. The predicted octanol–water partition coefficient (Wildman–Crippen LogP) is 3.03. The molecule has 1 heterocycles. The summed E-state index contributed by atoms with van der Waals surface area (Å²) in [5.74, 6) is -0.293. The van der Waals surface area contributed by atoms with Crippen LogP contribution < -0.4 is 19.7 Å². The fourth-order valence-electron chi connectivity index (χ4n) is 5.71. The van der Waals surface area contributed by atoms with Crippen LogP contribution in [-0.2, 0) is 19.1 Å². The largest absolute Gasteiger partial charge is 0.497 e. The number of amides is 3. The lowest BCUT2D eigenvalue weighted by Gasteiger charge is -2.19. The number of nitrogens with zero attached hydrogens (tertiary/aromatic N) is 1. The molecule has 0 spiro atoms. The van der Waals surface area contributed by atoms with Crippen LogP contribution in [-0.4, -0.2) is 44.5 Å². The van der Waals surface area contributed by atoms with Crippen molar-refractivity contribution in [3.8, 4) is 11.5 Å². The first-order chi connectivity index (χ1) is 16.9. The summed E-state index contributed by atoms with van der Waals surface area (Å²) in [6.45, 7) is -0.495. The van der Waals surface area contributed by atoms with Crippen LogP contribution in [0.15, 0.2) is 42.5 Å². The Bertz CT molecular complexity index is 1160. The monoisotopic (exact) mass is 478 g/mol. The van der Waals surface area contributed by atoms with Crippen molar-refractivity contribution in [3.05, 3.63) is 48.0 Å². The van der Waals surface area contributed by atoms with E-state index in [0.717, 1.165) is 19.3 Å². The van der Waals surface area contributed by atoms with Gasteiger partial charge in [-0.15, -0.1) is 0 Å². The Morgan fingerprint density at radius 1 is 0.943 bits per heavy atom. The summed E-state index contributed by atoms with van der Waals surface area (Å²) in [6.07, 6.45) is 3.01. The molecule has 9 nitrogen and oxygen atoms in total. The topological polar surface area (TPSA) is 111 Å². The van der Waals surface area contributed by atoms with E-state index in [0.29, 0.717) is 34.7 Å². The number of rotatable bonds is 7. The molecule has 2 saturated carbocycles. The standard InChI is InChI=1S/C26H26N2O7/c1-33-18-9-10-19(20(12-18)34-2)27-21(29)13-35-26(32)14-5-7-17(8-6-14)28-24(30)22-15-3-4-16(11-15)23(22)25(28)31/h5-10,12,15-16,22-23H,3-4,11,13H2,1-2H3,(H,27,29)/t15-,16-,22-,23+/m0/s1. The maximum atomic E-state index is 13.0. The van der Waals surface area contributed by atoms with Crippen molar-refractivity contribution in [1.82, 2.24) is 0 Å². The zero-order chi connectivity index (χ0) is 24.7. The van der Waals surface area contributed by atoms with Gasteiger partial charge in [-0.1, -0.05) is 0 Å². The second-order valence-corrected chi connectivity index (χ2v) is 9.13. The van der Waals surface area contributed by atoms with Crippen LogP contribution in [0.4, 0.5) is 11.4 Å². The van der Waals surface area contributed by atoms with Crippen molar-refractivity contribution in [1.29, 1.82) is 0 Å². The van der Waals surface area contributed by atoms with Crippen LogP contribution in [0.3, 0.4) is 0 Å². The fourth-order valence-corrected chi connectivity index (χ4v) is 5.71. The Kier molecular flexibility index (Phi) is 5.92. The number of fused-ring (bicyclic) bond motifs is 5. The Morgan fingerprint density at radius 3 is 2.20 bits per heavy atom. The summed E-state index contributed by atoms with van der Waals surface area (Å²) in [5, 5.41) is 2.63. The van der Waals surface area contributed by atoms with Crippen LogP contribution in [0, 0.1) is 23.7 Å². The highest BCUT2D eigenvalue weighted by Gasteiger charge is 2.61. The summed E-state index contributed by atoms with van der Waals surface area (Å²) >= 11 is 0. The molecule has 0 aromatic heterocycles. The molecule has 2 bridgehead atoms. The summed E-state index contributed by atoms with van der Waals surface area (Å²) in [4.78, 5) is 51.9. The van der Waals surface area contributed by atoms with E-state index in [1.165, 1.54) is 31.3 Å². The lowest BCUT2D eigenvalue weighted by molar-refractivity contribution is -0.123. The number of hydrogen-bond acceptors (Lipinski definition) is 7. The van der Waals surface area contributed by atoms with Crippen molar-refractivity contribution < 1.29 is 33.4 Å². The molecule has 3 amide bonds. The third kappa shape index (κ3) is 4.00. The maximum absolute atomic E-state index is 13.0. The predicted molar refractivity (Wildman–Crippen MR) is 125 cm³/mol. The van der Waals surface area contributed by atoms with E-state index < -0.39 is 18.5 Å². The third-order valence-electron chi connectivity index (χ3n) is 7.31. The number of esters is 1. The average molecular weight is 479 g/mol. The molecule has 182 valence electrons. The molecule has 2 aromatic carbocycles. The molecule has 0 unspecified atom stereocenters. The molecule has 5 rings (SSSR count). The second-order valence-electron chi connectivity index (χ2n) is 9.13. The molecule has 1 aliphatic heterocycles. The van der Waals surface area contributed by atoms with Gasteiger partial charge in [-0.25, -0.2) is 4.79 Å². The number of benzene rings is 2. The van der Waals surface area contributed by atoms with E-state index >= 15 is 0 Å². The van der Waals surface area contributed by atoms with Crippen molar-refractivity contribution in [3.63, 3.8) is 0 Å². The fraction of sp³-hybridized carbons (Fsp3) is 0.385. The van der Waals surface area contributed by atoms with E-state index in [4.69, 9.17) is 14.2 Å². The highest BCUT2D eigenvalue weighted by Crippen LogP contribution is 2.56. The van der Waals surface area contributed by atoms with E-state index in [2.05, 4.69) is 5.32 Å². The van der Waals surface area contributed by atoms with Gasteiger partial charge in [0.1, 0.15) is 11.5 Å². The second kappa shape index (κ2) is 9.05. The van der Waals surface area contributed by atoms with Gasteiger partial charge in [0, 0.05) is 6.07 Å². The van der Waals surface area contributed by atoms with Crippen molar-refractivity contribution in [2.24, 2.45) is 23.7 Å². The van der Waals surface area contributed by atoms with E-state index in [1.54, 1.807) is 30.3 Å². The van der Waals surface area contributed by atoms with Crippen molar-refractivity contribution in [2.45, 2.75) is 19.3 Å². The number of nitrogens with one attached hydrogen (secondary N) is 1. The molecule has 9 heteroatoms. The zero-order valence-electron chi connectivity index (χ0n) is 19.5. The number of anilines is 2. The molecule has 2 aliphatic carbocycles. The van der Waals surface area contributed by atoms with Crippen LogP contribution in [0.25, 0.3) is 0 Å². The Labute approximate surface area is 202 Å². The molecule has 35 heavy (non-hydrogen) atoms. The number of hydrogen-bond donors (Lipinski definition) is 1. The number of carbonyl (C=O) groups excluding carboxylic acids is 4. The van der Waals surface area contributed by atoms with Gasteiger partial charge in [-0.05, 0) is 67.5 Å². The van der Waals surface area contributed by atoms with Gasteiger partial charge in [0.25, 0.3) is 5.91 Å². The lowest BCUT2D eigenvalue weighted by Crippen LogP contribution is -2.32. The van der Waals surface area contributed by atoms with Gasteiger partial charge in [0.2, 0.25) is 11.8 Å². The first kappa shape index (κ1) is 22.9. The Hall–Kier alpha value is -3.88. The maximum Gasteiger partial charge on any atom is 0.338 e. The molecule has 3 fully saturated rings. The Balaban J connectivity index is 1.19. The Morgan fingerprint density at radius 2 is 1.60 bits per heavy atom. The molecule has 2 aromatic rings. The molecule has 3 aliphatic rings. The lowest BCUT2D eigenvalue weighted by atomic mass is 9.81. The van der Waals surface area contributed by atoms with E-state index in [9.17, 15) is 19.2 Å². The van der Waals surface area contributed by atoms with E-state index in [-0.39, 0.29) is 29.2 Å². The molecule has 4 atom stereocenters. The van der Waals surface area contributed by atoms with Crippen molar-refractivity contribution in [2.75, 3.05) is 31.0 Å². The first-order valence-electron chi connectivity index (χ1n) is 11.6. The minimum absolute atomic E-state index is 0.131. The number of carbonyl (C=O) groups is 4. The average Bonchev–Trinajstić information content (AvgIpc) is 3.56. The number of ether oxygens (including phenoxy) is 3. The highest BCUT2D eigenvalue weighted by atomic mass is 16.5. The van der Waals surface area contributed by atoms with Crippen LogP contribution in [0.2, 0.25) is 0 Å². The van der Waals surface area contributed by atoms with Gasteiger partial charge in [-0.3, -0.25) is 19.3 Å². The molecule has 1 N–H and O–H groups in total. The normalized spacial score (nSPS) is 24.3. The zero-order valence-corrected chi connectivity index (χ0v) is 19.5. The first-order valence-corrected chi connectivity index (χ1v) is 11.6. The summed E-state index contributed by atoms with van der Waals surface area (Å²) < 4.78 is 15.5. The van der Waals surface area contributed by atoms with Crippen molar-refractivity contribution >= 4 is 35.1 Å². The van der Waals surface area contributed by atoms with Gasteiger partial charge in [0.15, 0.2) is 6.61 Å². The number of imide groups is 1.